The maximum absolute atomic E-state index is 13.1. The summed E-state index contributed by atoms with van der Waals surface area (Å²) in [6.45, 7) is 2.80. The van der Waals surface area contributed by atoms with E-state index in [1.807, 2.05) is 6.92 Å². The van der Waals surface area contributed by atoms with Crippen molar-refractivity contribution >= 4 is 0 Å². The van der Waals surface area contributed by atoms with E-state index in [1.54, 1.807) is 6.07 Å². The molecule has 2 rings (SSSR count). The van der Waals surface area contributed by atoms with E-state index >= 15 is 0 Å². The van der Waals surface area contributed by atoms with Gasteiger partial charge in [0.2, 0.25) is 0 Å². The molecule has 1 aromatic carbocycles. The van der Waals surface area contributed by atoms with Crippen molar-refractivity contribution in [2.24, 2.45) is 0 Å². The maximum atomic E-state index is 13.1. The topological polar surface area (TPSA) is 29.5 Å². The number of aryl methyl sites for hydroxylation is 1. The van der Waals surface area contributed by atoms with Gasteiger partial charge in [0.25, 0.3) is 0 Å². The van der Waals surface area contributed by atoms with Gasteiger partial charge in [-0.1, -0.05) is 6.07 Å². The molecule has 1 aliphatic heterocycles. The fraction of sp³-hybridized carbons (Fsp3) is 0.600. The highest BCUT2D eigenvalue weighted by molar-refractivity contribution is 5.27. The van der Waals surface area contributed by atoms with Crippen molar-refractivity contribution < 1.29 is 14.2 Å². The minimum Gasteiger partial charge on any atom is -0.393 e. The van der Waals surface area contributed by atoms with Crippen molar-refractivity contribution in [3.8, 4) is 0 Å². The zero-order chi connectivity index (χ0) is 13.0. The van der Waals surface area contributed by atoms with Crippen LogP contribution in [-0.2, 0) is 11.2 Å². The van der Waals surface area contributed by atoms with Crippen LogP contribution >= 0.6 is 0 Å². The zero-order valence-electron chi connectivity index (χ0n) is 10.9. The van der Waals surface area contributed by atoms with Gasteiger partial charge in [0.1, 0.15) is 5.82 Å². The summed E-state index contributed by atoms with van der Waals surface area (Å²) in [6, 6.07) is 4.74. The van der Waals surface area contributed by atoms with E-state index in [4.69, 9.17) is 4.74 Å². The summed E-state index contributed by atoms with van der Waals surface area (Å²) in [5.41, 5.74) is 1.93. The van der Waals surface area contributed by atoms with E-state index in [0.29, 0.717) is 12.5 Å². The zero-order valence-corrected chi connectivity index (χ0v) is 10.9. The lowest BCUT2D eigenvalue weighted by molar-refractivity contribution is 0.0812. The second-order valence-corrected chi connectivity index (χ2v) is 5.14. The summed E-state index contributed by atoms with van der Waals surface area (Å²) in [5, 5.41) is 10.0. The Kier molecular flexibility index (Phi) is 4.72. The molecule has 0 radical (unpaired) electrons. The highest BCUT2D eigenvalue weighted by Gasteiger charge is 2.17. The van der Waals surface area contributed by atoms with Crippen molar-refractivity contribution in [3.63, 3.8) is 0 Å². The molecule has 0 amide bonds. The Balaban J connectivity index is 1.82. The summed E-state index contributed by atoms with van der Waals surface area (Å²) in [4.78, 5) is 0. The van der Waals surface area contributed by atoms with Gasteiger partial charge >= 0.3 is 0 Å². The minimum absolute atomic E-state index is 0.234. The maximum Gasteiger partial charge on any atom is 0.123 e. The first kappa shape index (κ1) is 13.5. The molecular weight excluding hydrogens is 231 g/mol. The number of halogens is 1. The molecule has 1 aromatic rings. The van der Waals surface area contributed by atoms with Crippen LogP contribution < -0.4 is 0 Å². The summed E-state index contributed by atoms with van der Waals surface area (Å²) in [5.74, 6) is -0.234. The normalized spacial score (nSPS) is 21.2. The van der Waals surface area contributed by atoms with Crippen LogP contribution in [0.5, 0.6) is 0 Å². The quantitative estimate of drug-likeness (QED) is 0.873. The lowest BCUT2D eigenvalue weighted by atomic mass is 9.98. The summed E-state index contributed by atoms with van der Waals surface area (Å²) in [6.07, 6.45) is 4.28. The van der Waals surface area contributed by atoms with Gasteiger partial charge in [-0.3, -0.25) is 0 Å². The first-order valence-corrected chi connectivity index (χ1v) is 6.70. The molecule has 18 heavy (non-hydrogen) atoms. The molecule has 3 heteroatoms. The van der Waals surface area contributed by atoms with Gasteiger partial charge in [0.05, 0.1) is 12.2 Å². The van der Waals surface area contributed by atoms with E-state index in [9.17, 15) is 9.50 Å². The van der Waals surface area contributed by atoms with Crippen molar-refractivity contribution in [3.05, 3.63) is 35.1 Å². The monoisotopic (exact) mass is 252 g/mol. The standard InChI is InChI=1S/C15H21FO2/c1-11-4-5-13(16)9-12(11)10-14(17)6-7-15-3-2-8-18-15/h4-5,9,14-15,17H,2-3,6-8,10H2,1H3. The number of benzene rings is 1. The van der Waals surface area contributed by atoms with Crippen molar-refractivity contribution in [2.75, 3.05) is 6.61 Å². The van der Waals surface area contributed by atoms with Crippen LogP contribution in [0, 0.1) is 12.7 Å². The highest BCUT2D eigenvalue weighted by Crippen LogP contribution is 2.20. The Morgan fingerprint density at radius 2 is 2.33 bits per heavy atom. The lowest BCUT2D eigenvalue weighted by Gasteiger charge is -2.15. The first-order valence-electron chi connectivity index (χ1n) is 6.70. The smallest absolute Gasteiger partial charge is 0.123 e. The lowest BCUT2D eigenvalue weighted by Crippen LogP contribution is -2.15. The molecule has 2 nitrogen and oxygen atoms in total. The first-order chi connectivity index (χ1) is 8.65. The van der Waals surface area contributed by atoms with Crippen molar-refractivity contribution in [1.29, 1.82) is 0 Å². The molecule has 1 saturated heterocycles. The molecule has 1 heterocycles. The summed E-state index contributed by atoms with van der Waals surface area (Å²) >= 11 is 0. The molecule has 2 atom stereocenters. The van der Waals surface area contributed by atoms with Gasteiger partial charge in [-0.25, -0.2) is 4.39 Å². The molecule has 0 spiro atoms. The van der Waals surface area contributed by atoms with Gasteiger partial charge in [0, 0.05) is 6.61 Å². The number of rotatable bonds is 5. The van der Waals surface area contributed by atoms with Crippen LogP contribution in [-0.4, -0.2) is 23.9 Å². The van der Waals surface area contributed by atoms with Crippen LogP contribution in [0.3, 0.4) is 0 Å². The minimum atomic E-state index is -0.408. The number of hydrogen-bond acceptors (Lipinski definition) is 2. The van der Waals surface area contributed by atoms with E-state index < -0.39 is 6.10 Å². The van der Waals surface area contributed by atoms with E-state index in [0.717, 1.165) is 43.4 Å². The van der Waals surface area contributed by atoms with Crippen LogP contribution in [0.1, 0.15) is 36.8 Å². The second-order valence-electron chi connectivity index (χ2n) is 5.14. The molecule has 0 aliphatic carbocycles. The molecule has 0 bridgehead atoms. The van der Waals surface area contributed by atoms with Gasteiger partial charge in [-0.05, 0) is 62.3 Å². The molecular formula is C15H21FO2. The Labute approximate surface area is 108 Å². The van der Waals surface area contributed by atoms with Crippen molar-refractivity contribution in [2.45, 2.75) is 51.2 Å². The Morgan fingerprint density at radius 1 is 1.50 bits per heavy atom. The van der Waals surface area contributed by atoms with Gasteiger partial charge in [-0.2, -0.15) is 0 Å². The van der Waals surface area contributed by atoms with Crippen molar-refractivity contribution in [1.82, 2.24) is 0 Å². The van der Waals surface area contributed by atoms with Gasteiger partial charge in [0.15, 0.2) is 0 Å². The number of aliphatic hydroxyl groups is 1. The third-order valence-corrected chi connectivity index (χ3v) is 3.61. The molecule has 2 unspecified atom stereocenters. The van der Waals surface area contributed by atoms with Crippen LogP contribution in [0.15, 0.2) is 18.2 Å². The van der Waals surface area contributed by atoms with E-state index in [2.05, 4.69) is 0 Å². The fourth-order valence-electron chi connectivity index (χ4n) is 2.47. The summed E-state index contributed by atoms with van der Waals surface area (Å²) in [7, 11) is 0. The molecule has 100 valence electrons. The van der Waals surface area contributed by atoms with Crippen LogP contribution in [0.25, 0.3) is 0 Å². The molecule has 0 aromatic heterocycles. The highest BCUT2D eigenvalue weighted by atomic mass is 19.1. The van der Waals surface area contributed by atoms with Crippen LogP contribution in [0.4, 0.5) is 4.39 Å². The summed E-state index contributed by atoms with van der Waals surface area (Å²) < 4.78 is 18.7. The average Bonchev–Trinajstić information content (AvgIpc) is 2.84. The number of hydrogen-bond donors (Lipinski definition) is 1. The van der Waals surface area contributed by atoms with E-state index in [1.165, 1.54) is 12.1 Å². The Hall–Kier alpha value is -0.930. The largest absolute Gasteiger partial charge is 0.393 e. The Morgan fingerprint density at radius 3 is 3.06 bits per heavy atom. The predicted molar refractivity (Wildman–Crippen MR) is 69.1 cm³/mol. The number of ether oxygens (including phenoxy) is 1. The van der Waals surface area contributed by atoms with Crippen LogP contribution in [0.2, 0.25) is 0 Å². The van der Waals surface area contributed by atoms with E-state index in [-0.39, 0.29) is 5.82 Å². The molecule has 1 N–H and O–H groups in total. The molecule has 1 aliphatic rings. The third-order valence-electron chi connectivity index (χ3n) is 3.61. The SMILES string of the molecule is Cc1ccc(F)cc1CC(O)CCC1CCCO1. The molecule has 1 fully saturated rings. The fourth-order valence-corrected chi connectivity index (χ4v) is 2.47. The average molecular weight is 252 g/mol. The van der Waals surface area contributed by atoms with Gasteiger partial charge in [-0.15, -0.1) is 0 Å². The predicted octanol–water partition coefficient (Wildman–Crippen LogP) is 3.00. The molecule has 0 saturated carbocycles. The second kappa shape index (κ2) is 6.30. The number of aliphatic hydroxyl groups excluding tert-OH is 1. The Bertz CT molecular complexity index is 386. The van der Waals surface area contributed by atoms with Gasteiger partial charge < -0.3 is 9.84 Å². The third kappa shape index (κ3) is 3.79.